The van der Waals surface area contributed by atoms with Crippen LogP contribution in [-0.4, -0.2) is 11.5 Å². The molecule has 0 saturated carbocycles. The summed E-state index contributed by atoms with van der Waals surface area (Å²) >= 11 is 0. The molecule has 4 N–H and O–H groups in total. The molecule has 1 aromatic rings. The van der Waals surface area contributed by atoms with Crippen LogP contribution >= 0.6 is 0 Å². The van der Waals surface area contributed by atoms with E-state index in [4.69, 9.17) is 11.5 Å². The van der Waals surface area contributed by atoms with Crippen molar-refractivity contribution in [1.82, 2.24) is 4.98 Å². The predicted octanol–water partition coefficient (Wildman–Crippen LogP) is 1.03. The van der Waals surface area contributed by atoms with Crippen molar-refractivity contribution < 1.29 is 0 Å². The highest BCUT2D eigenvalue weighted by Crippen LogP contribution is 2.15. The lowest BCUT2D eigenvalue weighted by molar-refractivity contribution is 0.744. The molecule has 0 bridgehead atoms. The van der Waals surface area contributed by atoms with Crippen LogP contribution in [0.5, 0.6) is 0 Å². The van der Waals surface area contributed by atoms with E-state index < -0.39 is 0 Å². The maximum absolute atomic E-state index is 5.64. The van der Waals surface area contributed by atoms with Gasteiger partial charge >= 0.3 is 0 Å². The molecule has 0 amide bonds. The zero-order valence-electron chi connectivity index (χ0n) is 7.54. The zero-order chi connectivity index (χ0) is 9.14. The van der Waals surface area contributed by atoms with Crippen molar-refractivity contribution in [2.75, 3.05) is 12.3 Å². The Bertz CT molecular complexity index is 270. The molecule has 1 aromatic heterocycles. The number of pyridine rings is 1. The number of aromatic nitrogens is 1. The molecule has 12 heavy (non-hydrogen) atoms. The minimum absolute atomic E-state index is 0.310. The van der Waals surface area contributed by atoms with E-state index in [0.29, 0.717) is 12.5 Å². The summed E-state index contributed by atoms with van der Waals surface area (Å²) in [5.74, 6) is 0.310. The van der Waals surface area contributed by atoms with Crippen molar-refractivity contribution in [3.8, 4) is 0 Å². The fourth-order valence-electron chi connectivity index (χ4n) is 0.979. The van der Waals surface area contributed by atoms with Gasteiger partial charge in [0, 0.05) is 18.2 Å². The topological polar surface area (TPSA) is 64.9 Å². The number of anilines is 1. The molecular formula is C9H15N3. The van der Waals surface area contributed by atoms with Crippen molar-refractivity contribution in [3.63, 3.8) is 0 Å². The van der Waals surface area contributed by atoms with Gasteiger partial charge in [-0.2, -0.15) is 0 Å². The van der Waals surface area contributed by atoms with Crippen LogP contribution in [0.3, 0.4) is 0 Å². The summed E-state index contributed by atoms with van der Waals surface area (Å²) in [4.78, 5) is 4.20. The van der Waals surface area contributed by atoms with Gasteiger partial charge in [0.15, 0.2) is 0 Å². The third kappa shape index (κ3) is 1.74. The van der Waals surface area contributed by atoms with E-state index in [9.17, 15) is 0 Å². The number of hydrogen-bond donors (Lipinski definition) is 2. The van der Waals surface area contributed by atoms with Gasteiger partial charge in [-0.3, -0.25) is 4.98 Å². The molecule has 0 saturated heterocycles. The SMILES string of the molecule is Cc1cc(C(C)CN)ncc1N. The van der Waals surface area contributed by atoms with E-state index in [1.165, 1.54) is 0 Å². The molecule has 0 spiro atoms. The average molecular weight is 165 g/mol. The Kier molecular flexibility index (Phi) is 2.65. The average Bonchev–Trinajstić information content (AvgIpc) is 2.08. The molecule has 0 aromatic carbocycles. The molecular weight excluding hydrogens is 150 g/mol. The van der Waals surface area contributed by atoms with Gasteiger partial charge < -0.3 is 11.5 Å². The highest BCUT2D eigenvalue weighted by molar-refractivity contribution is 5.44. The van der Waals surface area contributed by atoms with Gasteiger partial charge in [0.25, 0.3) is 0 Å². The Hall–Kier alpha value is -1.09. The molecule has 1 heterocycles. The number of aryl methyl sites for hydroxylation is 1. The first-order valence-corrected chi connectivity index (χ1v) is 4.07. The first-order chi connectivity index (χ1) is 5.65. The van der Waals surface area contributed by atoms with Crippen LogP contribution in [0.25, 0.3) is 0 Å². The molecule has 66 valence electrons. The van der Waals surface area contributed by atoms with Gasteiger partial charge in [0.1, 0.15) is 0 Å². The zero-order valence-corrected chi connectivity index (χ0v) is 7.54. The quantitative estimate of drug-likeness (QED) is 0.688. The van der Waals surface area contributed by atoms with E-state index in [1.54, 1.807) is 6.20 Å². The van der Waals surface area contributed by atoms with E-state index >= 15 is 0 Å². The molecule has 3 heteroatoms. The molecule has 0 fully saturated rings. The maximum Gasteiger partial charge on any atom is 0.0530 e. The second kappa shape index (κ2) is 3.54. The predicted molar refractivity (Wildman–Crippen MR) is 50.9 cm³/mol. The number of nitrogens with two attached hydrogens (primary N) is 2. The monoisotopic (exact) mass is 165 g/mol. The Labute approximate surface area is 72.8 Å². The van der Waals surface area contributed by atoms with Gasteiger partial charge in [-0.15, -0.1) is 0 Å². The number of hydrogen-bond acceptors (Lipinski definition) is 3. The molecule has 1 unspecified atom stereocenters. The molecule has 1 atom stereocenters. The van der Waals surface area contributed by atoms with Crippen molar-refractivity contribution in [2.45, 2.75) is 19.8 Å². The Morgan fingerprint density at radius 3 is 2.75 bits per heavy atom. The third-order valence-electron chi connectivity index (χ3n) is 2.03. The van der Waals surface area contributed by atoms with Crippen LogP contribution in [-0.2, 0) is 0 Å². The first-order valence-electron chi connectivity index (χ1n) is 4.07. The molecule has 1 rings (SSSR count). The summed E-state index contributed by atoms with van der Waals surface area (Å²) in [6, 6.07) is 1.99. The second-order valence-corrected chi connectivity index (χ2v) is 3.10. The summed E-state index contributed by atoms with van der Waals surface area (Å²) < 4.78 is 0. The summed E-state index contributed by atoms with van der Waals surface area (Å²) in [5, 5.41) is 0. The van der Waals surface area contributed by atoms with E-state index in [1.807, 2.05) is 13.0 Å². The van der Waals surface area contributed by atoms with Crippen molar-refractivity contribution in [2.24, 2.45) is 5.73 Å². The molecule has 0 aliphatic rings. The summed E-state index contributed by atoms with van der Waals surface area (Å²) in [6.45, 7) is 4.65. The second-order valence-electron chi connectivity index (χ2n) is 3.10. The summed E-state index contributed by atoms with van der Waals surface area (Å²) in [5.41, 5.74) is 14.0. The van der Waals surface area contributed by atoms with Crippen LogP contribution < -0.4 is 11.5 Å². The molecule has 0 aliphatic heterocycles. The van der Waals surface area contributed by atoms with Crippen LogP contribution in [0.4, 0.5) is 5.69 Å². The fourth-order valence-corrected chi connectivity index (χ4v) is 0.979. The normalized spacial score (nSPS) is 12.9. The smallest absolute Gasteiger partial charge is 0.0530 e. The number of nitrogen functional groups attached to an aromatic ring is 1. The largest absolute Gasteiger partial charge is 0.397 e. The Balaban J connectivity index is 2.96. The van der Waals surface area contributed by atoms with Gasteiger partial charge in [0.2, 0.25) is 0 Å². The fraction of sp³-hybridized carbons (Fsp3) is 0.444. The van der Waals surface area contributed by atoms with Gasteiger partial charge in [-0.05, 0) is 18.6 Å². The highest BCUT2D eigenvalue weighted by Gasteiger charge is 2.05. The van der Waals surface area contributed by atoms with E-state index in [2.05, 4.69) is 11.9 Å². The minimum atomic E-state index is 0.310. The van der Waals surface area contributed by atoms with Crippen LogP contribution in [0.2, 0.25) is 0 Å². The number of rotatable bonds is 2. The van der Waals surface area contributed by atoms with Crippen LogP contribution in [0, 0.1) is 6.92 Å². The van der Waals surface area contributed by atoms with Gasteiger partial charge in [-0.1, -0.05) is 6.92 Å². The van der Waals surface area contributed by atoms with Gasteiger partial charge in [-0.25, -0.2) is 0 Å². The van der Waals surface area contributed by atoms with Crippen molar-refractivity contribution >= 4 is 5.69 Å². The standard InChI is InChI=1S/C9H15N3/c1-6-3-9(7(2)4-10)12-5-8(6)11/h3,5,7H,4,10-11H2,1-2H3. The summed E-state index contributed by atoms with van der Waals surface area (Å²) in [6.07, 6.45) is 1.69. The highest BCUT2D eigenvalue weighted by atomic mass is 14.7. The Morgan fingerprint density at radius 2 is 2.25 bits per heavy atom. The summed E-state index contributed by atoms with van der Waals surface area (Å²) in [7, 11) is 0. The Morgan fingerprint density at radius 1 is 1.58 bits per heavy atom. The van der Waals surface area contributed by atoms with Crippen LogP contribution in [0.15, 0.2) is 12.3 Å². The molecule has 0 radical (unpaired) electrons. The minimum Gasteiger partial charge on any atom is -0.397 e. The van der Waals surface area contributed by atoms with Crippen molar-refractivity contribution in [1.29, 1.82) is 0 Å². The van der Waals surface area contributed by atoms with Crippen molar-refractivity contribution in [3.05, 3.63) is 23.5 Å². The lowest BCUT2D eigenvalue weighted by Crippen LogP contribution is -2.10. The number of nitrogens with zero attached hydrogens (tertiary/aromatic N) is 1. The first kappa shape index (κ1) is 9.00. The molecule has 3 nitrogen and oxygen atoms in total. The van der Waals surface area contributed by atoms with E-state index in [0.717, 1.165) is 16.9 Å². The lowest BCUT2D eigenvalue weighted by atomic mass is 10.1. The third-order valence-corrected chi connectivity index (χ3v) is 2.03. The maximum atomic E-state index is 5.64. The van der Waals surface area contributed by atoms with Crippen LogP contribution in [0.1, 0.15) is 24.1 Å². The van der Waals surface area contributed by atoms with Gasteiger partial charge in [0.05, 0.1) is 11.9 Å². The lowest BCUT2D eigenvalue weighted by Gasteiger charge is -2.09. The van der Waals surface area contributed by atoms with E-state index in [-0.39, 0.29) is 0 Å². The molecule has 0 aliphatic carbocycles.